The van der Waals surface area contributed by atoms with E-state index in [1.807, 2.05) is 0 Å². The van der Waals surface area contributed by atoms with E-state index in [-0.39, 0.29) is 12.0 Å². The van der Waals surface area contributed by atoms with Crippen molar-refractivity contribution >= 4 is 8.07 Å². The van der Waals surface area contributed by atoms with Crippen molar-refractivity contribution in [1.82, 2.24) is 0 Å². The molecule has 0 aromatic heterocycles. The SMILES string of the molecule is CC(C)[C@H](O)[C@@H](C#C[Si](C)(C)C)C1CCC1. The van der Waals surface area contributed by atoms with Gasteiger partial charge in [-0.05, 0) is 24.7 Å². The zero-order valence-electron chi connectivity index (χ0n) is 11.4. The van der Waals surface area contributed by atoms with E-state index in [2.05, 4.69) is 45.0 Å². The Morgan fingerprint density at radius 1 is 1.19 bits per heavy atom. The van der Waals surface area contributed by atoms with E-state index in [0.717, 1.165) is 0 Å². The number of hydrogen-bond donors (Lipinski definition) is 1. The Bertz CT molecular complexity index is 275. The van der Waals surface area contributed by atoms with Crippen LogP contribution >= 0.6 is 0 Å². The van der Waals surface area contributed by atoms with Crippen LogP contribution < -0.4 is 0 Å². The van der Waals surface area contributed by atoms with Crippen LogP contribution in [0.4, 0.5) is 0 Å². The first kappa shape index (κ1) is 13.8. The molecule has 0 aromatic rings. The molecular weight excluding hydrogens is 212 g/mol. The summed E-state index contributed by atoms with van der Waals surface area (Å²) >= 11 is 0. The molecule has 1 aliphatic carbocycles. The van der Waals surface area contributed by atoms with Crippen molar-refractivity contribution in [3.05, 3.63) is 0 Å². The number of aliphatic hydroxyl groups excluding tert-OH is 1. The Kier molecular flexibility index (Phi) is 4.64. The van der Waals surface area contributed by atoms with Crippen LogP contribution in [-0.4, -0.2) is 19.3 Å². The van der Waals surface area contributed by atoms with Gasteiger partial charge < -0.3 is 5.11 Å². The van der Waals surface area contributed by atoms with Gasteiger partial charge in [-0.2, -0.15) is 0 Å². The van der Waals surface area contributed by atoms with Gasteiger partial charge in [-0.1, -0.05) is 39.9 Å². The molecule has 1 aliphatic rings. The minimum Gasteiger partial charge on any atom is -0.392 e. The van der Waals surface area contributed by atoms with Gasteiger partial charge in [-0.15, -0.1) is 11.5 Å². The van der Waals surface area contributed by atoms with Crippen molar-refractivity contribution in [1.29, 1.82) is 0 Å². The smallest absolute Gasteiger partial charge is 0.129 e. The second-order valence-corrected chi connectivity index (χ2v) is 11.2. The summed E-state index contributed by atoms with van der Waals surface area (Å²) in [5.74, 6) is 4.60. The normalized spacial score (nSPS) is 20.9. The molecule has 16 heavy (non-hydrogen) atoms. The van der Waals surface area contributed by atoms with Gasteiger partial charge in [0.25, 0.3) is 0 Å². The molecule has 0 heterocycles. The molecule has 0 unspecified atom stereocenters. The molecule has 1 nitrogen and oxygen atoms in total. The van der Waals surface area contributed by atoms with E-state index in [0.29, 0.717) is 11.8 Å². The monoisotopic (exact) mass is 238 g/mol. The van der Waals surface area contributed by atoms with Crippen molar-refractivity contribution in [3.8, 4) is 11.5 Å². The van der Waals surface area contributed by atoms with Crippen LogP contribution in [0.1, 0.15) is 33.1 Å². The summed E-state index contributed by atoms with van der Waals surface area (Å²) in [6.07, 6.45) is 3.60. The number of aliphatic hydroxyl groups is 1. The Hall–Kier alpha value is -0.263. The second kappa shape index (κ2) is 5.38. The Morgan fingerprint density at radius 3 is 2.06 bits per heavy atom. The summed E-state index contributed by atoms with van der Waals surface area (Å²) in [4.78, 5) is 0. The third kappa shape index (κ3) is 3.96. The van der Waals surface area contributed by atoms with E-state index in [9.17, 15) is 5.11 Å². The molecule has 1 rings (SSSR count). The zero-order valence-corrected chi connectivity index (χ0v) is 12.4. The van der Waals surface area contributed by atoms with Crippen LogP contribution in [0.25, 0.3) is 0 Å². The maximum absolute atomic E-state index is 10.2. The summed E-state index contributed by atoms with van der Waals surface area (Å²) in [6, 6.07) is 0. The average molecular weight is 238 g/mol. The average Bonchev–Trinajstić information content (AvgIpc) is 2.05. The van der Waals surface area contributed by atoms with Crippen molar-refractivity contribution in [3.63, 3.8) is 0 Å². The van der Waals surface area contributed by atoms with Crippen LogP contribution in [0.2, 0.25) is 19.6 Å². The molecule has 0 spiro atoms. The fourth-order valence-corrected chi connectivity index (χ4v) is 2.60. The highest BCUT2D eigenvalue weighted by Crippen LogP contribution is 2.36. The molecule has 2 atom stereocenters. The van der Waals surface area contributed by atoms with Crippen LogP contribution in [0, 0.1) is 29.2 Å². The third-order valence-electron chi connectivity index (χ3n) is 3.32. The highest BCUT2D eigenvalue weighted by atomic mass is 28.3. The minimum absolute atomic E-state index is 0.223. The lowest BCUT2D eigenvalue weighted by Crippen LogP contribution is -2.34. The summed E-state index contributed by atoms with van der Waals surface area (Å²) < 4.78 is 0. The number of hydrogen-bond acceptors (Lipinski definition) is 1. The second-order valence-electron chi connectivity index (χ2n) is 6.47. The van der Waals surface area contributed by atoms with Crippen LogP contribution in [0.5, 0.6) is 0 Å². The van der Waals surface area contributed by atoms with Crippen LogP contribution in [0.3, 0.4) is 0 Å². The Morgan fingerprint density at radius 2 is 1.75 bits per heavy atom. The molecule has 0 radical (unpaired) electrons. The van der Waals surface area contributed by atoms with Gasteiger partial charge in [-0.3, -0.25) is 0 Å². The van der Waals surface area contributed by atoms with Gasteiger partial charge in [0, 0.05) is 5.92 Å². The van der Waals surface area contributed by atoms with Crippen molar-refractivity contribution < 1.29 is 5.11 Å². The molecule has 0 bridgehead atoms. The third-order valence-corrected chi connectivity index (χ3v) is 4.22. The summed E-state index contributed by atoms with van der Waals surface area (Å²) in [7, 11) is -1.31. The first-order valence-electron chi connectivity index (χ1n) is 6.52. The van der Waals surface area contributed by atoms with E-state index in [4.69, 9.17) is 0 Å². The molecule has 0 aliphatic heterocycles. The van der Waals surface area contributed by atoms with Crippen LogP contribution in [0.15, 0.2) is 0 Å². The van der Waals surface area contributed by atoms with E-state index >= 15 is 0 Å². The molecule has 0 saturated heterocycles. The summed E-state index contributed by atoms with van der Waals surface area (Å²) in [5, 5.41) is 10.2. The molecule has 0 aromatic carbocycles. The first-order valence-corrected chi connectivity index (χ1v) is 10.0. The summed E-state index contributed by atoms with van der Waals surface area (Å²) in [5.41, 5.74) is 3.44. The fraction of sp³-hybridized carbons (Fsp3) is 0.857. The lowest BCUT2D eigenvalue weighted by Gasteiger charge is -2.35. The van der Waals surface area contributed by atoms with Gasteiger partial charge in [-0.25, -0.2) is 0 Å². The highest BCUT2D eigenvalue weighted by Gasteiger charge is 2.32. The van der Waals surface area contributed by atoms with Crippen LogP contribution in [-0.2, 0) is 0 Å². The number of rotatable bonds is 3. The van der Waals surface area contributed by atoms with Crippen molar-refractivity contribution in [2.45, 2.75) is 58.9 Å². The predicted molar refractivity (Wildman–Crippen MR) is 72.8 cm³/mol. The minimum atomic E-state index is -1.31. The Labute approximate surface area is 102 Å². The van der Waals surface area contributed by atoms with Gasteiger partial charge >= 0.3 is 0 Å². The quantitative estimate of drug-likeness (QED) is 0.591. The van der Waals surface area contributed by atoms with E-state index in [1.165, 1.54) is 19.3 Å². The lowest BCUT2D eigenvalue weighted by molar-refractivity contribution is 0.0414. The molecular formula is C14H26OSi. The first-order chi connectivity index (χ1) is 7.31. The van der Waals surface area contributed by atoms with E-state index in [1.54, 1.807) is 0 Å². The molecule has 0 amide bonds. The maximum Gasteiger partial charge on any atom is 0.129 e. The van der Waals surface area contributed by atoms with Gasteiger partial charge in [0.05, 0.1) is 6.10 Å². The van der Waals surface area contributed by atoms with Gasteiger partial charge in [0.15, 0.2) is 0 Å². The highest BCUT2D eigenvalue weighted by molar-refractivity contribution is 6.83. The van der Waals surface area contributed by atoms with Gasteiger partial charge in [0.1, 0.15) is 8.07 Å². The predicted octanol–water partition coefficient (Wildman–Crippen LogP) is 3.30. The molecule has 1 fully saturated rings. The fourth-order valence-electron chi connectivity index (χ4n) is 2.00. The molecule has 2 heteroatoms. The molecule has 1 saturated carbocycles. The van der Waals surface area contributed by atoms with E-state index < -0.39 is 8.07 Å². The van der Waals surface area contributed by atoms with Crippen molar-refractivity contribution in [2.24, 2.45) is 17.8 Å². The largest absolute Gasteiger partial charge is 0.392 e. The van der Waals surface area contributed by atoms with Gasteiger partial charge in [0.2, 0.25) is 0 Å². The maximum atomic E-state index is 10.2. The zero-order chi connectivity index (χ0) is 12.3. The standard InChI is InChI=1S/C14H26OSi/c1-11(2)14(15)13(12-7-6-8-12)9-10-16(3,4)5/h11-15H,6-8H2,1-5H3/t13-,14-/m0/s1. The topological polar surface area (TPSA) is 20.2 Å². The van der Waals surface area contributed by atoms with Crippen molar-refractivity contribution in [2.75, 3.05) is 0 Å². The Balaban J connectivity index is 2.74. The molecule has 1 N–H and O–H groups in total. The summed E-state index contributed by atoms with van der Waals surface area (Å²) in [6.45, 7) is 11.0. The molecule has 92 valence electrons. The lowest BCUT2D eigenvalue weighted by atomic mass is 9.72.